The van der Waals surface area contributed by atoms with Crippen LogP contribution in [0.1, 0.15) is 24.8 Å². The normalized spacial score (nSPS) is 14.0. The molecule has 1 aromatic rings. The molecule has 1 heterocycles. The maximum absolute atomic E-state index is 11.3. The third-order valence-corrected chi connectivity index (χ3v) is 4.39. The lowest BCUT2D eigenvalue weighted by molar-refractivity contribution is -0.383. The van der Waals surface area contributed by atoms with Crippen molar-refractivity contribution in [2.24, 2.45) is 0 Å². The number of aliphatic hydroxyl groups is 1. The Labute approximate surface area is 128 Å². The van der Waals surface area contributed by atoms with Gasteiger partial charge in [0.1, 0.15) is 0 Å². The van der Waals surface area contributed by atoms with E-state index >= 15 is 0 Å². The number of hydrogen-bond donors (Lipinski definition) is 1. The number of aliphatic hydroxyl groups excluding tert-OH is 1. The predicted octanol–water partition coefficient (Wildman–Crippen LogP) is 2.20. The van der Waals surface area contributed by atoms with Crippen molar-refractivity contribution in [3.05, 3.63) is 21.1 Å². The molecule has 0 fully saturated rings. The molecule has 0 bridgehead atoms. The van der Waals surface area contributed by atoms with Crippen LogP contribution in [0.3, 0.4) is 0 Å². The van der Waals surface area contributed by atoms with Gasteiger partial charge in [-0.05, 0) is 13.8 Å². The van der Waals surface area contributed by atoms with Crippen molar-refractivity contribution in [3.8, 4) is 0 Å². The van der Waals surface area contributed by atoms with Crippen molar-refractivity contribution in [1.29, 1.82) is 0 Å². The van der Waals surface area contributed by atoms with Crippen molar-refractivity contribution in [3.63, 3.8) is 0 Å². The monoisotopic (exact) mass is 318 g/mol. The van der Waals surface area contributed by atoms with Crippen LogP contribution in [0.4, 0.5) is 10.7 Å². The standard InChI is InChI=1S/C13H22N2O5S/c1-9(8-20-4)14(5-6-19-3)13-11(15(17)18)7-12(21-13)10(2)16/h7,9-10,16H,5-6,8H2,1-4H3/t9?,10-/m1/s1. The van der Waals surface area contributed by atoms with Gasteiger partial charge < -0.3 is 19.5 Å². The summed E-state index contributed by atoms with van der Waals surface area (Å²) in [5.41, 5.74) is 0.00922. The van der Waals surface area contributed by atoms with E-state index in [0.717, 1.165) is 0 Å². The summed E-state index contributed by atoms with van der Waals surface area (Å²) in [5.74, 6) is 0. The highest BCUT2D eigenvalue weighted by atomic mass is 32.1. The second-order valence-electron chi connectivity index (χ2n) is 4.76. The Morgan fingerprint density at radius 1 is 1.43 bits per heavy atom. The van der Waals surface area contributed by atoms with E-state index < -0.39 is 11.0 Å². The molecule has 1 N–H and O–H groups in total. The van der Waals surface area contributed by atoms with Gasteiger partial charge in [0.2, 0.25) is 0 Å². The second-order valence-corrected chi connectivity index (χ2v) is 5.83. The Hall–Kier alpha value is -1.22. The lowest BCUT2D eigenvalue weighted by Crippen LogP contribution is -2.38. The zero-order valence-electron chi connectivity index (χ0n) is 12.7. The molecule has 0 spiro atoms. The van der Waals surface area contributed by atoms with Crippen LogP contribution in [0.25, 0.3) is 0 Å². The summed E-state index contributed by atoms with van der Waals surface area (Å²) >= 11 is 1.23. The Morgan fingerprint density at radius 3 is 2.57 bits per heavy atom. The molecule has 1 aromatic heterocycles. The molecule has 0 radical (unpaired) electrons. The molecule has 7 nitrogen and oxygen atoms in total. The van der Waals surface area contributed by atoms with E-state index in [1.165, 1.54) is 17.4 Å². The molecule has 8 heteroatoms. The van der Waals surface area contributed by atoms with Gasteiger partial charge in [-0.2, -0.15) is 0 Å². The SMILES string of the molecule is COCCN(c1sc([C@@H](C)O)cc1[N+](=O)[O-])C(C)COC. The molecule has 21 heavy (non-hydrogen) atoms. The zero-order chi connectivity index (χ0) is 16.0. The first-order valence-electron chi connectivity index (χ1n) is 6.63. The number of methoxy groups -OCH3 is 2. The van der Waals surface area contributed by atoms with E-state index in [1.807, 2.05) is 11.8 Å². The van der Waals surface area contributed by atoms with Crippen LogP contribution in [-0.2, 0) is 9.47 Å². The van der Waals surface area contributed by atoms with E-state index in [1.54, 1.807) is 21.1 Å². The van der Waals surface area contributed by atoms with E-state index in [0.29, 0.717) is 29.6 Å². The van der Waals surface area contributed by atoms with Gasteiger partial charge in [-0.25, -0.2) is 0 Å². The second kappa shape index (κ2) is 8.28. The van der Waals surface area contributed by atoms with Crippen molar-refractivity contribution < 1.29 is 19.5 Å². The average Bonchev–Trinajstić information content (AvgIpc) is 2.85. The number of anilines is 1. The van der Waals surface area contributed by atoms with Gasteiger partial charge in [0.15, 0.2) is 5.00 Å². The van der Waals surface area contributed by atoms with Gasteiger partial charge in [0.25, 0.3) is 0 Å². The first-order chi connectivity index (χ1) is 9.92. The summed E-state index contributed by atoms with van der Waals surface area (Å²) in [6.45, 7) is 4.94. The first kappa shape index (κ1) is 17.8. The van der Waals surface area contributed by atoms with Gasteiger partial charge >= 0.3 is 5.69 Å². The van der Waals surface area contributed by atoms with Crippen LogP contribution < -0.4 is 4.90 Å². The van der Waals surface area contributed by atoms with Gasteiger partial charge in [-0.1, -0.05) is 0 Å². The minimum Gasteiger partial charge on any atom is -0.388 e. The fourth-order valence-electron chi connectivity index (χ4n) is 1.98. The van der Waals surface area contributed by atoms with Crippen molar-refractivity contribution in [2.75, 3.05) is 38.9 Å². The summed E-state index contributed by atoms with van der Waals surface area (Å²) in [5, 5.41) is 21.4. The summed E-state index contributed by atoms with van der Waals surface area (Å²) in [7, 11) is 3.18. The third kappa shape index (κ3) is 4.63. The highest BCUT2D eigenvalue weighted by Gasteiger charge is 2.28. The minimum atomic E-state index is -0.732. The highest BCUT2D eigenvalue weighted by Crippen LogP contribution is 2.40. The molecule has 1 rings (SSSR count). The molecule has 0 saturated carbocycles. The largest absolute Gasteiger partial charge is 0.388 e. The molecule has 0 saturated heterocycles. The minimum absolute atomic E-state index is 0.00922. The van der Waals surface area contributed by atoms with Gasteiger partial charge in [-0.15, -0.1) is 11.3 Å². The van der Waals surface area contributed by atoms with E-state index in [-0.39, 0.29) is 11.7 Å². The number of ether oxygens (including phenoxy) is 2. The van der Waals surface area contributed by atoms with Crippen molar-refractivity contribution in [2.45, 2.75) is 26.0 Å². The van der Waals surface area contributed by atoms with Crippen LogP contribution in [0.15, 0.2) is 6.07 Å². The number of nitrogens with zero attached hydrogens (tertiary/aromatic N) is 2. The quantitative estimate of drug-likeness (QED) is 0.555. The number of hydrogen-bond acceptors (Lipinski definition) is 7. The molecule has 0 amide bonds. The molecule has 120 valence electrons. The highest BCUT2D eigenvalue weighted by molar-refractivity contribution is 7.16. The maximum Gasteiger partial charge on any atom is 0.304 e. The Balaban J connectivity index is 3.17. The fraction of sp³-hybridized carbons (Fsp3) is 0.692. The van der Waals surface area contributed by atoms with Crippen LogP contribution >= 0.6 is 11.3 Å². The predicted molar refractivity (Wildman–Crippen MR) is 82.2 cm³/mol. The van der Waals surface area contributed by atoms with Gasteiger partial charge in [0.05, 0.1) is 30.3 Å². The summed E-state index contributed by atoms with van der Waals surface area (Å²) in [4.78, 5) is 13.3. The van der Waals surface area contributed by atoms with Crippen molar-refractivity contribution in [1.82, 2.24) is 0 Å². The van der Waals surface area contributed by atoms with E-state index in [9.17, 15) is 15.2 Å². The van der Waals surface area contributed by atoms with E-state index in [2.05, 4.69) is 0 Å². The average molecular weight is 318 g/mol. The number of nitro groups is 1. The van der Waals surface area contributed by atoms with Crippen LogP contribution in [-0.4, -0.2) is 50.0 Å². The fourth-order valence-corrected chi connectivity index (χ4v) is 3.17. The van der Waals surface area contributed by atoms with Crippen LogP contribution in [0, 0.1) is 10.1 Å². The van der Waals surface area contributed by atoms with Crippen molar-refractivity contribution >= 4 is 22.0 Å². The Bertz CT molecular complexity index is 463. The molecule has 0 aliphatic rings. The molecule has 1 unspecified atom stereocenters. The summed E-state index contributed by atoms with van der Waals surface area (Å²) in [6.07, 6.45) is -0.732. The van der Waals surface area contributed by atoms with Gasteiger partial charge in [0, 0.05) is 31.7 Å². The smallest absolute Gasteiger partial charge is 0.304 e. The Kier molecular flexibility index (Phi) is 7.03. The molecular weight excluding hydrogens is 296 g/mol. The molecule has 2 atom stereocenters. The molecular formula is C13H22N2O5S. The Morgan fingerprint density at radius 2 is 2.10 bits per heavy atom. The van der Waals surface area contributed by atoms with E-state index in [4.69, 9.17) is 9.47 Å². The maximum atomic E-state index is 11.3. The van der Waals surface area contributed by atoms with Gasteiger partial charge in [-0.3, -0.25) is 10.1 Å². The zero-order valence-corrected chi connectivity index (χ0v) is 13.6. The summed E-state index contributed by atoms with van der Waals surface area (Å²) in [6, 6.07) is 1.40. The van der Waals surface area contributed by atoms with Crippen LogP contribution in [0.5, 0.6) is 0 Å². The first-order valence-corrected chi connectivity index (χ1v) is 7.44. The topological polar surface area (TPSA) is 85.1 Å². The lowest BCUT2D eigenvalue weighted by atomic mass is 10.2. The molecule has 0 aliphatic carbocycles. The number of thiophene rings is 1. The molecule has 0 aromatic carbocycles. The summed E-state index contributed by atoms with van der Waals surface area (Å²) < 4.78 is 10.2. The number of rotatable bonds is 9. The third-order valence-electron chi connectivity index (χ3n) is 3.06. The molecule has 0 aliphatic heterocycles. The lowest BCUT2D eigenvalue weighted by Gasteiger charge is -2.28. The van der Waals surface area contributed by atoms with Crippen LogP contribution in [0.2, 0.25) is 0 Å².